The van der Waals surface area contributed by atoms with E-state index in [1.807, 2.05) is 12.1 Å². The fourth-order valence-electron chi connectivity index (χ4n) is 2.13. The van der Waals surface area contributed by atoms with Crippen LogP contribution in [-0.2, 0) is 4.79 Å². The van der Waals surface area contributed by atoms with Crippen LogP contribution in [0.3, 0.4) is 0 Å². The van der Waals surface area contributed by atoms with Crippen molar-refractivity contribution in [2.75, 3.05) is 0 Å². The van der Waals surface area contributed by atoms with E-state index in [-0.39, 0.29) is 5.91 Å². The molecule has 0 aromatic heterocycles. The van der Waals surface area contributed by atoms with E-state index in [4.69, 9.17) is 23.2 Å². The monoisotopic (exact) mass is 283 g/mol. The first-order valence-corrected chi connectivity index (χ1v) is 6.85. The molecular formula is C14H15Cl2NO. The van der Waals surface area contributed by atoms with Crippen LogP contribution < -0.4 is 5.32 Å². The Hall–Kier alpha value is -0.990. The molecule has 1 aliphatic carbocycles. The lowest BCUT2D eigenvalue weighted by atomic mass is 10.2. The van der Waals surface area contributed by atoms with Gasteiger partial charge in [-0.2, -0.15) is 0 Å². The average molecular weight is 284 g/mol. The van der Waals surface area contributed by atoms with Gasteiger partial charge in [0.2, 0.25) is 5.91 Å². The van der Waals surface area contributed by atoms with Crippen molar-refractivity contribution >= 4 is 35.2 Å². The highest BCUT2D eigenvalue weighted by molar-refractivity contribution is 6.42. The molecule has 0 spiro atoms. The Bertz CT molecular complexity index is 465. The standard InChI is InChI=1S/C14H15Cl2NO/c15-12-7-3-4-10(14(12)16)8-9-13(18)17-11-5-1-2-6-11/h3-4,7-9,11H,1-2,5-6H2,(H,17,18)/b9-8-. The van der Waals surface area contributed by atoms with E-state index in [1.54, 1.807) is 12.1 Å². The molecule has 0 radical (unpaired) electrons. The zero-order valence-corrected chi connectivity index (χ0v) is 11.5. The van der Waals surface area contributed by atoms with Gasteiger partial charge in [0.25, 0.3) is 0 Å². The van der Waals surface area contributed by atoms with E-state index in [1.165, 1.54) is 18.9 Å². The lowest BCUT2D eigenvalue weighted by Gasteiger charge is -2.09. The summed E-state index contributed by atoms with van der Waals surface area (Å²) >= 11 is 11.9. The minimum Gasteiger partial charge on any atom is -0.350 e. The van der Waals surface area contributed by atoms with Crippen molar-refractivity contribution < 1.29 is 4.79 Å². The van der Waals surface area contributed by atoms with Crippen LogP contribution in [-0.4, -0.2) is 11.9 Å². The molecule has 1 N–H and O–H groups in total. The summed E-state index contributed by atoms with van der Waals surface area (Å²) in [6.07, 6.45) is 7.77. The molecule has 1 aromatic rings. The zero-order valence-electron chi connectivity index (χ0n) is 9.96. The number of nitrogens with one attached hydrogen (secondary N) is 1. The van der Waals surface area contributed by atoms with Crippen molar-refractivity contribution in [2.24, 2.45) is 0 Å². The quantitative estimate of drug-likeness (QED) is 0.833. The van der Waals surface area contributed by atoms with Crippen molar-refractivity contribution in [1.82, 2.24) is 5.32 Å². The van der Waals surface area contributed by atoms with E-state index in [2.05, 4.69) is 5.32 Å². The number of carbonyl (C=O) groups is 1. The molecule has 0 unspecified atom stereocenters. The summed E-state index contributed by atoms with van der Waals surface area (Å²) in [5.74, 6) is -0.0713. The molecule has 1 amide bonds. The third-order valence-corrected chi connectivity index (χ3v) is 3.93. The first-order chi connectivity index (χ1) is 8.66. The number of halogens is 2. The van der Waals surface area contributed by atoms with Gasteiger partial charge in [-0.3, -0.25) is 4.79 Å². The van der Waals surface area contributed by atoms with Crippen molar-refractivity contribution in [3.05, 3.63) is 39.9 Å². The van der Waals surface area contributed by atoms with Gasteiger partial charge in [-0.1, -0.05) is 48.2 Å². The largest absolute Gasteiger partial charge is 0.350 e. The zero-order chi connectivity index (χ0) is 13.0. The van der Waals surface area contributed by atoms with Crippen molar-refractivity contribution in [3.63, 3.8) is 0 Å². The van der Waals surface area contributed by atoms with Crippen molar-refractivity contribution in [1.29, 1.82) is 0 Å². The number of rotatable bonds is 3. The Labute approximate surface area is 117 Å². The molecule has 0 aliphatic heterocycles. The summed E-state index contributed by atoms with van der Waals surface area (Å²) in [6, 6.07) is 5.69. The van der Waals surface area contributed by atoms with Crippen LogP contribution in [0.5, 0.6) is 0 Å². The van der Waals surface area contributed by atoms with Gasteiger partial charge in [0.1, 0.15) is 0 Å². The molecular weight excluding hydrogens is 269 g/mol. The number of carbonyl (C=O) groups excluding carboxylic acids is 1. The van der Waals surface area contributed by atoms with Crippen LogP contribution in [0.4, 0.5) is 0 Å². The number of amides is 1. The van der Waals surface area contributed by atoms with Gasteiger partial charge in [-0.25, -0.2) is 0 Å². The summed E-state index contributed by atoms with van der Waals surface area (Å²) < 4.78 is 0. The maximum Gasteiger partial charge on any atom is 0.244 e. The van der Waals surface area contributed by atoms with E-state index in [0.717, 1.165) is 18.4 Å². The maximum atomic E-state index is 11.7. The summed E-state index contributed by atoms with van der Waals surface area (Å²) in [5.41, 5.74) is 0.755. The fourth-order valence-corrected chi connectivity index (χ4v) is 2.50. The maximum absolute atomic E-state index is 11.7. The van der Waals surface area contributed by atoms with E-state index < -0.39 is 0 Å². The second kappa shape index (κ2) is 6.26. The van der Waals surface area contributed by atoms with Gasteiger partial charge in [0, 0.05) is 12.1 Å². The summed E-state index contributed by atoms with van der Waals surface area (Å²) in [5, 5.41) is 3.95. The minimum absolute atomic E-state index is 0.0713. The lowest BCUT2D eigenvalue weighted by Crippen LogP contribution is -2.30. The smallest absolute Gasteiger partial charge is 0.244 e. The SMILES string of the molecule is O=C(/C=C\c1cccc(Cl)c1Cl)NC1CCCC1. The highest BCUT2D eigenvalue weighted by Crippen LogP contribution is 2.26. The van der Waals surface area contributed by atoms with Crippen LogP contribution >= 0.6 is 23.2 Å². The molecule has 2 nitrogen and oxygen atoms in total. The molecule has 1 aliphatic rings. The molecule has 2 rings (SSSR count). The number of hydrogen-bond acceptors (Lipinski definition) is 1. The fraction of sp³-hybridized carbons (Fsp3) is 0.357. The second-order valence-electron chi connectivity index (χ2n) is 4.47. The highest BCUT2D eigenvalue weighted by atomic mass is 35.5. The number of hydrogen-bond donors (Lipinski definition) is 1. The topological polar surface area (TPSA) is 29.1 Å². The minimum atomic E-state index is -0.0713. The number of benzene rings is 1. The third-order valence-electron chi connectivity index (χ3n) is 3.10. The van der Waals surface area contributed by atoms with E-state index in [0.29, 0.717) is 16.1 Å². The first-order valence-electron chi connectivity index (χ1n) is 6.09. The van der Waals surface area contributed by atoms with Crippen molar-refractivity contribution in [3.8, 4) is 0 Å². The van der Waals surface area contributed by atoms with Gasteiger partial charge < -0.3 is 5.32 Å². The molecule has 1 aromatic carbocycles. The summed E-state index contributed by atoms with van der Waals surface area (Å²) in [6.45, 7) is 0. The van der Waals surface area contributed by atoms with Crippen molar-refractivity contribution in [2.45, 2.75) is 31.7 Å². The molecule has 1 fully saturated rings. The second-order valence-corrected chi connectivity index (χ2v) is 5.25. The van der Waals surface area contributed by atoms with Gasteiger partial charge >= 0.3 is 0 Å². The lowest BCUT2D eigenvalue weighted by molar-refractivity contribution is -0.117. The average Bonchev–Trinajstić information content (AvgIpc) is 2.84. The third kappa shape index (κ3) is 3.50. The molecule has 18 heavy (non-hydrogen) atoms. The molecule has 1 saturated carbocycles. The Morgan fingerprint density at radius 1 is 1.28 bits per heavy atom. The Kier molecular flexibility index (Phi) is 4.67. The highest BCUT2D eigenvalue weighted by Gasteiger charge is 2.15. The Balaban J connectivity index is 1.97. The summed E-state index contributed by atoms with van der Waals surface area (Å²) in [7, 11) is 0. The molecule has 0 saturated heterocycles. The molecule has 0 atom stereocenters. The predicted molar refractivity (Wildman–Crippen MR) is 75.9 cm³/mol. The van der Waals surface area contributed by atoms with Crippen LogP contribution in [0.1, 0.15) is 31.2 Å². The van der Waals surface area contributed by atoms with Gasteiger partial charge in [-0.05, 0) is 30.5 Å². The Morgan fingerprint density at radius 2 is 2.00 bits per heavy atom. The van der Waals surface area contributed by atoms with Crippen LogP contribution in [0.25, 0.3) is 6.08 Å². The van der Waals surface area contributed by atoms with Crippen LogP contribution in [0.2, 0.25) is 10.0 Å². The van der Waals surface area contributed by atoms with Gasteiger partial charge in [0.15, 0.2) is 0 Å². The Morgan fingerprint density at radius 3 is 2.72 bits per heavy atom. The first kappa shape index (κ1) is 13.4. The molecule has 0 bridgehead atoms. The molecule has 96 valence electrons. The predicted octanol–water partition coefficient (Wildman–Crippen LogP) is 4.07. The summed E-state index contributed by atoms with van der Waals surface area (Å²) in [4.78, 5) is 11.7. The van der Waals surface area contributed by atoms with E-state index >= 15 is 0 Å². The van der Waals surface area contributed by atoms with Crippen LogP contribution in [0.15, 0.2) is 24.3 Å². The van der Waals surface area contributed by atoms with E-state index in [9.17, 15) is 4.79 Å². The van der Waals surface area contributed by atoms with Gasteiger partial charge in [-0.15, -0.1) is 0 Å². The molecule has 4 heteroatoms. The normalized spacial score (nSPS) is 16.3. The molecule has 0 heterocycles. The van der Waals surface area contributed by atoms with Crippen LogP contribution in [0, 0.1) is 0 Å². The van der Waals surface area contributed by atoms with Gasteiger partial charge in [0.05, 0.1) is 10.0 Å².